The van der Waals surface area contributed by atoms with Crippen molar-refractivity contribution in [1.82, 2.24) is 0 Å². The van der Waals surface area contributed by atoms with Crippen molar-refractivity contribution in [1.29, 1.82) is 0 Å². The first-order chi connectivity index (χ1) is 9.70. The van der Waals surface area contributed by atoms with Gasteiger partial charge in [0.1, 0.15) is 11.6 Å². The van der Waals surface area contributed by atoms with Crippen LogP contribution >= 0.6 is 0 Å². The summed E-state index contributed by atoms with van der Waals surface area (Å²) >= 11 is 0. The molecule has 0 aliphatic carbocycles. The molecule has 2 aromatic rings. The van der Waals surface area contributed by atoms with Crippen LogP contribution in [0.1, 0.15) is 11.1 Å². The molecule has 112 valence electrons. The van der Waals surface area contributed by atoms with E-state index in [2.05, 4.69) is 4.72 Å². The van der Waals surface area contributed by atoms with E-state index in [1.54, 1.807) is 6.92 Å². The number of hydrogen-bond acceptors (Lipinski definition) is 3. The van der Waals surface area contributed by atoms with Crippen LogP contribution in [-0.2, 0) is 10.0 Å². The zero-order chi connectivity index (χ0) is 15.8. The molecule has 0 saturated carbocycles. The number of hydrogen-bond donors (Lipinski definition) is 2. The van der Waals surface area contributed by atoms with Gasteiger partial charge in [0, 0.05) is 11.3 Å². The third-order valence-corrected chi connectivity index (χ3v) is 4.47. The summed E-state index contributed by atoms with van der Waals surface area (Å²) in [6.45, 7) is 3.01. The molecule has 0 spiro atoms. The quantitative estimate of drug-likeness (QED) is 0.856. The Bertz CT molecular complexity index is 805. The number of sulfonamides is 1. The number of nitrogen functional groups attached to an aromatic ring is 1. The highest BCUT2D eigenvalue weighted by Gasteiger charge is 2.21. The molecule has 0 aliphatic heterocycles. The summed E-state index contributed by atoms with van der Waals surface area (Å²) in [6, 6.07) is 6.18. The summed E-state index contributed by atoms with van der Waals surface area (Å²) in [5.74, 6) is -1.45. The zero-order valence-electron chi connectivity index (χ0n) is 11.4. The lowest BCUT2D eigenvalue weighted by atomic mass is 10.2. The van der Waals surface area contributed by atoms with Gasteiger partial charge in [-0.3, -0.25) is 4.72 Å². The number of benzene rings is 2. The van der Waals surface area contributed by atoms with E-state index in [0.717, 1.165) is 18.2 Å². The smallest absolute Gasteiger partial charge is 0.262 e. The predicted octanol–water partition coefficient (Wildman–Crippen LogP) is 2.96. The van der Waals surface area contributed by atoms with E-state index in [0.29, 0.717) is 5.56 Å². The van der Waals surface area contributed by atoms with Crippen molar-refractivity contribution >= 4 is 21.4 Å². The van der Waals surface area contributed by atoms with Crippen LogP contribution in [0.3, 0.4) is 0 Å². The van der Waals surface area contributed by atoms with Gasteiger partial charge in [0.15, 0.2) is 0 Å². The molecule has 2 aromatic carbocycles. The summed E-state index contributed by atoms with van der Waals surface area (Å²) in [6.07, 6.45) is 0. The maximum Gasteiger partial charge on any atom is 0.262 e. The Labute approximate surface area is 121 Å². The lowest BCUT2D eigenvalue weighted by Crippen LogP contribution is -2.16. The van der Waals surface area contributed by atoms with Crippen molar-refractivity contribution in [2.24, 2.45) is 0 Å². The number of nitrogens with one attached hydrogen (secondary N) is 1. The molecule has 7 heteroatoms. The standard InChI is InChI=1S/C14H14F2N2O2S/c1-8-3-4-11(15)13(5-8)18-21(19,20)14-7-10(17)6-12(16)9(14)2/h3-7,18H,17H2,1-2H3. The summed E-state index contributed by atoms with van der Waals surface area (Å²) < 4.78 is 54.0. The van der Waals surface area contributed by atoms with Gasteiger partial charge in [-0.1, -0.05) is 6.07 Å². The van der Waals surface area contributed by atoms with E-state index >= 15 is 0 Å². The minimum Gasteiger partial charge on any atom is -0.399 e. The van der Waals surface area contributed by atoms with Crippen LogP contribution < -0.4 is 10.5 Å². The SMILES string of the molecule is Cc1ccc(F)c(NS(=O)(=O)c2cc(N)cc(F)c2C)c1. The minimum absolute atomic E-state index is 0.0248. The van der Waals surface area contributed by atoms with E-state index in [1.165, 1.54) is 19.1 Å². The Kier molecular flexibility index (Phi) is 3.87. The number of halogens is 2. The summed E-state index contributed by atoms with van der Waals surface area (Å²) in [4.78, 5) is -0.319. The number of anilines is 2. The topological polar surface area (TPSA) is 72.2 Å². The molecular formula is C14H14F2N2O2S. The van der Waals surface area contributed by atoms with Gasteiger partial charge in [0.25, 0.3) is 10.0 Å². The van der Waals surface area contributed by atoms with E-state index in [4.69, 9.17) is 5.73 Å². The van der Waals surface area contributed by atoms with Crippen LogP contribution in [0.2, 0.25) is 0 Å². The average Bonchev–Trinajstić information content (AvgIpc) is 2.37. The summed E-state index contributed by atoms with van der Waals surface area (Å²) in [5.41, 5.74) is 5.85. The number of aryl methyl sites for hydroxylation is 1. The highest BCUT2D eigenvalue weighted by molar-refractivity contribution is 7.92. The first-order valence-corrected chi connectivity index (χ1v) is 7.53. The normalized spacial score (nSPS) is 11.4. The fraction of sp³-hybridized carbons (Fsp3) is 0.143. The number of rotatable bonds is 3. The Balaban J connectivity index is 2.51. The van der Waals surface area contributed by atoms with E-state index in [-0.39, 0.29) is 21.8 Å². The molecule has 0 atom stereocenters. The third kappa shape index (κ3) is 3.13. The van der Waals surface area contributed by atoms with Crippen LogP contribution in [0.5, 0.6) is 0 Å². The Hall–Kier alpha value is -2.15. The fourth-order valence-electron chi connectivity index (χ4n) is 1.87. The molecule has 0 heterocycles. The van der Waals surface area contributed by atoms with Crippen molar-refractivity contribution in [3.8, 4) is 0 Å². The Morgan fingerprint density at radius 3 is 2.38 bits per heavy atom. The Morgan fingerprint density at radius 2 is 1.71 bits per heavy atom. The molecule has 0 aliphatic rings. The zero-order valence-corrected chi connectivity index (χ0v) is 12.3. The highest BCUT2D eigenvalue weighted by atomic mass is 32.2. The van der Waals surface area contributed by atoms with Crippen molar-refractivity contribution in [3.05, 3.63) is 53.1 Å². The van der Waals surface area contributed by atoms with Crippen LogP contribution in [-0.4, -0.2) is 8.42 Å². The van der Waals surface area contributed by atoms with Gasteiger partial charge in [-0.2, -0.15) is 0 Å². The monoisotopic (exact) mass is 312 g/mol. The van der Waals surface area contributed by atoms with Gasteiger partial charge in [0.05, 0.1) is 10.6 Å². The molecule has 0 fully saturated rings. The van der Waals surface area contributed by atoms with Crippen molar-refractivity contribution in [2.45, 2.75) is 18.7 Å². The molecule has 4 nitrogen and oxygen atoms in total. The second kappa shape index (κ2) is 5.33. The van der Waals surface area contributed by atoms with Gasteiger partial charge in [-0.25, -0.2) is 17.2 Å². The molecule has 0 unspecified atom stereocenters. The van der Waals surface area contributed by atoms with E-state index < -0.39 is 21.7 Å². The molecule has 0 amide bonds. The van der Waals surface area contributed by atoms with Crippen LogP contribution in [0, 0.1) is 25.5 Å². The average molecular weight is 312 g/mol. The van der Waals surface area contributed by atoms with Crippen molar-refractivity contribution in [3.63, 3.8) is 0 Å². The van der Waals surface area contributed by atoms with Gasteiger partial charge in [-0.05, 0) is 43.7 Å². The fourth-order valence-corrected chi connectivity index (χ4v) is 3.22. The van der Waals surface area contributed by atoms with Crippen molar-refractivity contribution < 1.29 is 17.2 Å². The van der Waals surface area contributed by atoms with Gasteiger partial charge >= 0.3 is 0 Å². The highest BCUT2D eigenvalue weighted by Crippen LogP contribution is 2.25. The van der Waals surface area contributed by atoms with Crippen LogP contribution in [0.4, 0.5) is 20.2 Å². The number of nitrogens with two attached hydrogens (primary N) is 1. The Morgan fingerprint density at radius 1 is 1.05 bits per heavy atom. The summed E-state index contributed by atoms with van der Waals surface area (Å²) in [7, 11) is -4.14. The van der Waals surface area contributed by atoms with Gasteiger partial charge in [-0.15, -0.1) is 0 Å². The maximum atomic E-state index is 13.6. The van der Waals surface area contributed by atoms with Crippen LogP contribution in [0.25, 0.3) is 0 Å². The van der Waals surface area contributed by atoms with E-state index in [1.807, 2.05) is 0 Å². The molecule has 0 radical (unpaired) electrons. The summed E-state index contributed by atoms with van der Waals surface area (Å²) in [5, 5.41) is 0. The lowest BCUT2D eigenvalue weighted by Gasteiger charge is -2.12. The molecule has 3 N–H and O–H groups in total. The molecule has 0 saturated heterocycles. The second-order valence-electron chi connectivity index (χ2n) is 4.71. The van der Waals surface area contributed by atoms with E-state index in [9.17, 15) is 17.2 Å². The first kappa shape index (κ1) is 15.2. The minimum atomic E-state index is -4.14. The molecular weight excluding hydrogens is 298 g/mol. The predicted molar refractivity (Wildman–Crippen MR) is 77.5 cm³/mol. The first-order valence-electron chi connectivity index (χ1n) is 6.05. The van der Waals surface area contributed by atoms with Gasteiger partial charge in [0.2, 0.25) is 0 Å². The van der Waals surface area contributed by atoms with Crippen molar-refractivity contribution in [2.75, 3.05) is 10.5 Å². The largest absolute Gasteiger partial charge is 0.399 e. The van der Waals surface area contributed by atoms with Gasteiger partial charge < -0.3 is 5.73 Å². The molecule has 0 aromatic heterocycles. The van der Waals surface area contributed by atoms with Crippen LogP contribution in [0.15, 0.2) is 35.2 Å². The molecule has 21 heavy (non-hydrogen) atoms. The molecule has 2 rings (SSSR count). The second-order valence-corrected chi connectivity index (χ2v) is 6.37. The third-order valence-electron chi connectivity index (χ3n) is 2.97. The lowest BCUT2D eigenvalue weighted by molar-refractivity contribution is 0.589. The molecule has 0 bridgehead atoms. The maximum absolute atomic E-state index is 13.6.